The predicted octanol–water partition coefficient (Wildman–Crippen LogP) is -0.370. The Bertz CT molecular complexity index is 484. The van der Waals surface area contributed by atoms with E-state index in [4.69, 9.17) is 0 Å². The number of aliphatic hydroxyl groups is 1. The molecule has 0 aliphatic carbocycles. The lowest BCUT2D eigenvalue weighted by Gasteiger charge is -2.03. The van der Waals surface area contributed by atoms with E-state index in [0.717, 1.165) is 6.20 Å². The molecule has 0 radical (unpaired) electrons. The molecule has 2 N–H and O–H groups in total. The lowest BCUT2D eigenvalue weighted by molar-refractivity contribution is 0.115. The lowest BCUT2D eigenvalue weighted by atomic mass is 10.5. The Morgan fingerprint density at radius 1 is 1.62 bits per heavy atom. The number of hydrogen-bond donors (Lipinski definition) is 2. The van der Waals surface area contributed by atoms with E-state index in [0.29, 0.717) is 11.2 Å². The molecule has 1 atom stereocenters. The summed E-state index contributed by atoms with van der Waals surface area (Å²) >= 11 is 0. The van der Waals surface area contributed by atoms with Crippen LogP contribution in [0.1, 0.15) is 13.2 Å². The molecular formula is C7H8N4O2. The monoisotopic (exact) mass is 180 g/mol. The van der Waals surface area contributed by atoms with Gasteiger partial charge in [0, 0.05) is 0 Å². The van der Waals surface area contributed by atoms with Gasteiger partial charge in [-0.25, -0.2) is 9.67 Å². The van der Waals surface area contributed by atoms with Gasteiger partial charge >= 0.3 is 0 Å². The number of aliphatic hydroxyl groups excluding tert-OH is 1. The number of aromatic nitrogens is 4. The molecule has 6 heteroatoms. The molecule has 0 saturated carbocycles. The van der Waals surface area contributed by atoms with Gasteiger partial charge in [0.1, 0.15) is 11.7 Å². The quantitative estimate of drug-likeness (QED) is 0.627. The van der Waals surface area contributed by atoms with Crippen molar-refractivity contribution in [1.29, 1.82) is 0 Å². The fraction of sp³-hybridized carbons (Fsp3) is 0.286. The fourth-order valence-electron chi connectivity index (χ4n) is 1.13. The van der Waals surface area contributed by atoms with Gasteiger partial charge in [0.05, 0.1) is 12.4 Å². The van der Waals surface area contributed by atoms with E-state index in [1.54, 1.807) is 6.92 Å². The topological polar surface area (TPSA) is 83.8 Å². The molecule has 0 fully saturated rings. The molecule has 2 aromatic rings. The molecule has 0 amide bonds. The standard InChI is InChI=1S/C7H8N4O2/c1-4(12)11-7-5(2-9-11)10-6(13)3-8-7/h2-4,12H,1H3,(H,10,13)/t4-/m1/s1. The molecule has 2 aromatic heterocycles. The Labute approximate surface area is 72.8 Å². The summed E-state index contributed by atoms with van der Waals surface area (Å²) < 4.78 is 1.32. The molecule has 0 saturated heterocycles. The Kier molecular flexibility index (Phi) is 1.63. The first-order valence-electron chi connectivity index (χ1n) is 3.79. The van der Waals surface area contributed by atoms with E-state index in [1.165, 1.54) is 10.9 Å². The van der Waals surface area contributed by atoms with Crippen LogP contribution < -0.4 is 5.56 Å². The zero-order chi connectivity index (χ0) is 9.42. The van der Waals surface area contributed by atoms with Crippen LogP contribution in [0.5, 0.6) is 0 Å². The van der Waals surface area contributed by atoms with E-state index in [-0.39, 0.29) is 5.56 Å². The van der Waals surface area contributed by atoms with E-state index in [9.17, 15) is 9.90 Å². The third kappa shape index (κ3) is 1.20. The highest BCUT2D eigenvalue weighted by Gasteiger charge is 2.07. The molecule has 0 aliphatic rings. The molecule has 0 unspecified atom stereocenters. The van der Waals surface area contributed by atoms with E-state index >= 15 is 0 Å². The van der Waals surface area contributed by atoms with E-state index in [2.05, 4.69) is 15.1 Å². The molecule has 0 aromatic carbocycles. The van der Waals surface area contributed by atoms with Gasteiger partial charge in [-0.1, -0.05) is 0 Å². The molecular weight excluding hydrogens is 172 g/mol. The van der Waals surface area contributed by atoms with Crippen LogP contribution >= 0.6 is 0 Å². The van der Waals surface area contributed by atoms with Gasteiger partial charge in [-0.15, -0.1) is 0 Å². The molecule has 2 rings (SSSR count). The summed E-state index contributed by atoms with van der Waals surface area (Å²) in [6.07, 6.45) is 1.86. The van der Waals surface area contributed by atoms with Crippen LogP contribution in [-0.2, 0) is 0 Å². The number of fused-ring (bicyclic) bond motifs is 1. The summed E-state index contributed by atoms with van der Waals surface area (Å²) in [5.74, 6) is 0. The van der Waals surface area contributed by atoms with Gasteiger partial charge in [-0.3, -0.25) is 4.79 Å². The molecule has 0 spiro atoms. The maximum absolute atomic E-state index is 10.8. The van der Waals surface area contributed by atoms with Crippen LogP contribution in [0.2, 0.25) is 0 Å². The van der Waals surface area contributed by atoms with Crippen molar-refractivity contribution in [2.45, 2.75) is 13.2 Å². The van der Waals surface area contributed by atoms with Crippen molar-refractivity contribution < 1.29 is 5.11 Å². The normalized spacial score (nSPS) is 13.4. The molecule has 13 heavy (non-hydrogen) atoms. The Morgan fingerprint density at radius 2 is 2.38 bits per heavy atom. The number of aromatic amines is 1. The van der Waals surface area contributed by atoms with Gasteiger partial charge in [0.2, 0.25) is 0 Å². The minimum atomic E-state index is -0.754. The first-order valence-corrected chi connectivity index (χ1v) is 3.79. The number of nitrogens with one attached hydrogen (secondary N) is 1. The number of H-pyrrole nitrogens is 1. The highest BCUT2D eigenvalue weighted by molar-refractivity contribution is 5.68. The van der Waals surface area contributed by atoms with Gasteiger partial charge < -0.3 is 10.1 Å². The number of hydrogen-bond acceptors (Lipinski definition) is 4. The Morgan fingerprint density at radius 3 is 3.08 bits per heavy atom. The van der Waals surface area contributed by atoms with Crippen molar-refractivity contribution in [1.82, 2.24) is 19.7 Å². The first-order chi connectivity index (χ1) is 6.18. The van der Waals surface area contributed by atoms with Gasteiger partial charge in [0.25, 0.3) is 5.56 Å². The third-order valence-electron chi connectivity index (χ3n) is 1.69. The minimum absolute atomic E-state index is 0.280. The van der Waals surface area contributed by atoms with Gasteiger partial charge in [-0.05, 0) is 6.92 Å². The number of rotatable bonds is 1. The Hall–Kier alpha value is -1.69. The highest BCUT2D eigenvalue weighted by atomic mass is 16.3. The van der Waals surface area contributed by atoms with Crippen molar-refractivity contribution >= 4 is 11.2 Å². The average molecular weight is 180 g/mol. The van der Waals surface area contributed by atoms with Crippen molar-refractivity contribution in [3.05, 3.63) is 22.7 Å². The van der Waals surface area contributed by atoms with Crippen LogP contribution in [0.4, 0.5) is 0 Å². The molecule has 0 bridgehead atoms. The summed E-state index contributed by atoms with van der Waals surface area (Å²) in [4.78, 5) is 17.3. The van der Waals surface area contributed by atoms with Crippen LogP contribution in [-0.4, -0.2) is 24.9 Å². The summed E-state index contributed by atoms with van der Waals surface area (Å²) in [6.45, 7) is 1.57. The summed E-state index contributed by atoms with van der Waals surface area (Å²) in [7, 11) is 0. The van der Waals surface area contributed by atoms with E-state index in [1.807, 2.05) is 0 Å². The lowest BCUT2D eigenvalue weighted by Crippen LogP contribution is -2.09. The zero-order valence-corrected chi connectivity index (χ0v) is 6.93. The van der Waals surface area contributed by atoms with Crippen LogP contribution in [0, 0.1) is 0 Å². The van der Waals surface area contributed by atoms with Crippen LogP contribution in [0.3, 0.4) is 0 Å². The maximum atomic E-state index is 10.8. The maximum Gasteiger partial charge on any atom is 0.267 e. The summed E-state index contributed by atoms with van der Waals surface area (Å²) in [6, 6.07) is 0. The zero-order valence-electron chi connectivity index (χ0n) is 6.93. The van der Waals surface area contributed by atoms with Crippen molar-refractivity contribution in [2.75, 3.05) is 0 Å². The van der Waals surface area contributed by atoms with Crippen molar-refractivity contribution in [2.24, 2.45) is 0 Å². The Balaban J connectivity index is 2.76. The third-order valence-corrected chi connectivity index (χ3v) is 1.69. The second-order valence-corrected chi connectivity index (χ2v) is 2.71. The van der Waals surface area contributed by atoms with Crippen LogP contribution in [0.15, 0.2) is 17.2 Å². The van der Waals surface area contributed by atoms with Crippen molar-refractivity contribution in [3.8, 4) is 0 Å². The molecule has 2 heterocycles. The fourth-order valence-corrected chi connectivity index (χ4v) is 1.13. The summed E-state index contributed by atoms with van der Waals surface area (Å²) in [5, 5.41) is 13.1. The van der Waals surface area contributed by atoms with E-state index < -0.39 is 6.23 Å². The average Bonchev–Trinajstić information content (AvgIpc) is 2.46. The first kappa shape index (κ1) is 7.93. The van der Waals surface area contributed by atoms with Gasteiger partial charge in [-0.2, -0.15) is 5.10 Å². The highest BCUT2D eigenvalue weighted by Crippen LogP contribution is 2.09. The largest absolute Gasteiger partial charge is 0.372 e. The second kappa shape index (κ2) is 2.67. The minimum Gasteiger partial charge on any atom is -0.372 e. The molecule has 68 valence electrons. The second-order valence-electron chi connectivity index (χ2n) is 2.71. The molecule has 0 aliphatic heterocycles. The van der Waals surface area contributed by atoms with Crippen molar-refractivity contribution in [3.63, 3.8) is 0 Å². The SMILES string of the molecule is C[C@@H](O)n1ncc2[nH]c(=O)cnc21. The smallest absolute Gasteiger partial charge is 0.267 e. The predicted molar refractivity (Wildman–Crippen MR) is 45.1 cm³/mol. The summed E-state index contributed by atoms with van der Waals surface area (Å²) in [5.41, 5.74) is 0.709. The number of nitrogens with zero attached hydrogens (tertiary/aromatic N) is 3. The van der Waals surface area contributed by atoms with Gasteiger partial charge in [0.15, 0.2) is 5.65 Å². The van der Waals surface area contributed by atoms with Crippen LogP contribution in [0.25, 0.3) is 11.2 Å². The molecule has 6 nitrogen and oxygen atoms in total.